The molecular weight excluding hydrogens is 160 g/mol. The van der Waals surface area contributed by atoms with Crippen molar-refractivity contribution in [3.63, 3.8) is 0 Å². The van der Waals surface area contributed by atoms with Gasteiger partial charge >= 0.3 is 0 Å². The summed E-state index contributed by atoms with van der Waals surface area (Å²) >= 11 is 1.75. The molecule has 3 nitrogen and oxygen atoms in total. The third-order valence-corrected chi connectivity index (χ3v) is 2.24. The second-order valence-electron chi connectivity index (χ2n) is 2.31. The first-order valence-corrected chi connectivity index (χ1v) is 5.13. The van der Waals surface area contributed by atoms with Crippen LogP contribution in [-0.4, -0.2) is 42.4 Å². The summed E-state index contributed by atoms with van der Waals surface area (Å²) in [7, 11) is 0. The predicted molar refractivity (Wildman–Crippen MR) is 50.9 cm³/mol. The number of aliphatic hydroxyl groups excluding tert-OH is 1. The highest BCUT2D eigenvalue weighted by Gasteiger charge is 2.01. The van der Waals surface area contributed by atoms with Gasteiger partial charge in [0, 0.05) is 25.4 Å². The Balaban J connectivity index is 3.02. The Labute approximate surface area is 72.7 Å². The first-order valence-electron chi connectivity index (χ1n) is 3.97. The Morgan fingerprint density at radius 1 is 1.64 bits per heavy atom. The van der Waals surface area contributed by atoms with Crippen molar-refractivity contribution in [1.29, 1.82) is 0 Å². The zero-order chi connectivity index (χ0) is 8.53. The number of hydrogen-bond acceptors (Lipinski definition) is 4. The van der Waals surface area contributed by atoms with Crippen molar-refractivity contribution in [3.8, 4) is 0 Å². The average molecular weight is 178 g/mol. The van der Waals surface area contributed by atoms with Crippen molar-refractivity contribution < 1.29 is 5.11 Å². The Kier molecular flexibility index (Phi) is 8.50. The molecule has 0 aromatic heterocycles. The molecule has 0 rings (SSSR count). The van der Waals surface area contributed by atoms with Gasteiger partial charge in [0.2, 0.25) is 0 Å². The fourth-order valence-corrected chi connectivity index (χ4v) is 1.31. The maximum Gasteiger partial charge on any atom is 0.0754 e. The summed E-state index contributed by atoms with van der Waals surface area (Å²) < 4.78 is 0. The minimum absolute atomic E-state index is 0.230. The SMILES string of the molecule is CCSCC(O)CNCCN. The van der Waals surface area contributed by atoms with Crippen molar-refractivity contribution >= 4 is 11.8 Å². The molecule has 1 atom stereocenters. The van der Waals surface area contributed by atoms with Crippen molar-refractivity contribution in [2.45, 2.75) is 13.0 Å². The maximum absolute atomic E-state index is 9.28. The second-order valence-corrected chi connectivity index (χ2v) is 3.63. The molecule has 0 aliphatic heterocycles. The van der Waals surface area contributed by atoms with Gasteiger partial charge in [-0.1, -0.05) is 6.92 Å². The summed E-state index contributed by atoms with van der Waals surface area (Å²) in [5, 5.41) is 12.3. The molecule has 0 radical (unpaired) electrons. The van der Waals surface area contributed by atoms with Gasteiger partial charge in [-0.05, 0) is 5.75 Å². The lowest BCUT2D eigenvalue weighted by atomic mass is 10.4. The minimum Gasteiger partial charge on any atom is -0.391 e. The molecule has 0 fully saturated rings. The van der Waals surface area contributed by atoms with Gasteiger partial charge in [-0.3, -0.25) is 0 Å². The van der Waals surface area contributed by atoms with Gasteiger partial charge in [-0.15, -0.1) is 0 Å². The number of nitrogens with one attached hydrogen (secondary N) is 1. The van der Waals surface area contributed by atoms with E-state index in [1.54, 1.807) is 11.8 Å². The van der Waals surface area contributed by atoms with E-state index in [1.165, 1.54) is 0 Å². The average Bonchev–Trinajstić information content (AvgIpc) is 2.01. The molecule has 0 saturated carbocycles. The first kappa shape index (κ1) is 11.2. The number of aliphatic hydroxyl groups is 1. The van der Waals surface area contributed by atoms with Gasteiger partial charge < -0.3 is 16.2 Å². The molecule has 0 aromatic rings. The summed E-state index contributed by atoms with van der Waals surface area (Å²) in [5.41, 5.74) is 5.27. The van der Waals surface area contributed by atoms with Crippen molar-refractivity contribution in [3.05, 3.63) is 0 Å². The van der Waals surface area contributed by atoms with Crippen LogP contribution in [0.4, 0.5) is 0 Å². The Morgan fingerprint density at radius 2 is 2.36 bits per heavy atom. The molecule has 0 heterocycles. The zero-order valence-electron chi connectivity index (χ0n) is 7.05. The Morgan fingerprint density at radius 3 is 2.91 bits per heavy atom. The van der Waals surface area contributed by atoms with Gasteiger partial charge in [-0.2, -0.15) is 11.8 Å². The van der Waals surface area contributed by atoms with E-state index in [9.17, 15) is 5.11 Å². The molecule has 11 heavy (non-hydrogen) atoms. The van der Waals surface area contributed by atoms with Crippen molar-refractivity contribution in [1.82, 2.24) is 5.32 Å². The molecule has 0 amide bonds. The molecule has 0 spiro atoms. The number of thioether (sulfide) groups is 1. The number of rotatable bonds is 7. The van der Waals surface area contributed by atoms with Gasteiger partial charge in [0.15, 0.2) is 0 Å². The highest BCUT2D eigenvalue weighted by Crippen LogP contribution is 2.00. The molecule has 68 valence electrons. The van der Waals surface area contributed by atoms with Crippen LogP contribution < -0.4 is 11.1 Å². The summed E-state index contributed by atoms with van der Waals surface area (Å²) in [6, 6.07) is 0. The highest BCUT2D eigenvalue weighted by molar-refractivity contribution is 7.99. The third kappa shape index (κ3) is 8.13. The number of nitrogens with two attached hydrogens (primary N) is 1. The molecule has 0 aromatic carbocycles. The lowest BCUT2D eigenvalue weighted by Crippen LogP contribution is -2.32. The zero-order valence-corrected chi connectivity index (χ0v) is 7.86. The van der Waals surface area contributed by atoms with E-state index in [0.29, 0.717) is 13.1 Å². The van der Waals surface area contributed by atoms with Crippen LogP contribution in [0.1, 0.15) is 6.92 Å². The lowest BCUT2D eigenvalue weighted by Gasteiger charge is -2.09. The van der Waals surface area contributed by atoms with Crippen LogP contribution in [-0.2, 0) is 0 Å². The van der Waals surface area contributed by atoms with Crippen LogP contribution in [0.15, 0.2) is 0 Å². The summed E-state index contributed by atoms with van der Waals surface area (Å²) in [6.45, 7) is 4.16. The van der Waals surface area contributed by atoms with E-state index in [-0.39, 0.29) is 6.10 Å². The van der Waals surface area contributed by atoms with Crippen LogP contribution in [0.2, 0.25) is 0 Å². The quantitative estimate of drug-likeness (QED) is 0.466. The smallest absolute Gasteiger partial charge is 0.0754 e. The van der Waals surface area contributed by atoms with Gasteiger partial charge in [0.05, 0.1) is 6.10 Å². The van der Waals surface area contributed by atoms with Crippen molar-refractivity contribution in [2.75, 3.05) is 31.1 Å². The maximum atomic E-state index is 9.28. The fraction of sp³-hybridized carbons (Fsp3) is 1.00. The monoisotopic (exact) mass is 178 g/mol. The highest BCUT2D eigenvalue weighted by atomic mass is 32.2. The normalized spacial score (nSPS) is 13.4. The Hall–Kier alpha value is 0.230. The Bertz CT molecular complexity index is 82.8. The van der Waals surface area contributed by atoms with E-state index in [4.69, 9.17) is 5.73 Å². The van der Waals surface area contributed by atoms with E-state index >= 15 is 0 Å². The predicted octanol–water partition coefficient (Wildman–Crippen LogP) is -0.351. The van der Waals surface area contributed by atoms with E-state index < -0.39 is 0 Å². The standard InChI is InChI=1S/C7H18N2OS/c1-2-11-6-7(10)5-9-4-3-8/h7,9-10H,2-6,8H2,1H3. The van der Waals surface area contributed by atoms with Crippen molar-refractivity contribution in [2.24, 2.45) is 5.73 Å². The van der Waals surface area contributed by atoms with Crippen LogP contribution in [0, 0.1) is 0 Å². The summed E-state index contributed by atoms with van der Waals surface area (Å²) in [5.74, 6) is 1.88. The molecule has 0 bridgehead atoms. The molecule has 0 saturated heterocycles. The van der Waals surface area contributed by atoms with E-state index in [0.717, 1.165) is 18.1 Å². The molecule has 4 N–H and O–H groups in total. The topological polar surface area (TPSA) is 58.3 Å². The van der Waals surface area contributed by atoms with Crippen LogP contribution in [0.5, 0.6) is 0 Å². The fourth-order valence-electron chi connectivity index (χ4n) is 0.684. The summed E-state index contributed by atoms with van der Waals surface area (Å²) in [4.78, 5) is 0. The summed E-state index contributed by atoms with van der Waals surface area (Å²) in [6.07, 6.45) is -0.230. The molecule has 0 aliphatic rings. The third-order valence-electron chi connectivity index (χ3n) is 1.22. The van der Waals surface area contributed by atoms with E-state index in [2.05, 4.69) is 12.2 Å². The molecule has 1 unspecified atom stereocenters. The molecule has 0 aliphatic carbocycles. The largest absolute Gasteiger partial charge is 0.391 e. The number of hydrogen-bond donors (Lipinski definition) is 3. The second kappa shape index (κ2) is 8.33. The lowest BCUT2D eigenvalue weighted by molar-refractivity contribution is 0.196. The first-order chi connectivity index (χ1) is 5.31. The van der Waals surface area contributed by atoms with Gasteiger partial charge in [0.1, 0.15) is 0 Å². The molecule has 4 heteroatoms. The molecular formula is C7H18N2OS. The van der Waals surface area contributed by atoms with Crippen LogP contribution in [0.3, 0.4) is 0 Å². The van der Waals surface area contributed by atoms with Crippen LogP contribution in [0.25, 0.3) is 0 Å². The van der Waals surface area contributed by atoms with Gasteiger partial charge in [-0.25, -0.2) is 0 Å². The van der Waals surface area contributed by atoms with Crippen LogP contribution >= 0.6 is 11.8 Å². The van der Waals surface area contributed by atoms with Gasteiger partial charge in [0.25, 0.3) is 0 Å². The minimum atomic E-state index is -0.230. The van der Waals surface area contributed by atoms with E-state index in [1.807, 2.05) is 0 Å².